The molecular formula is C77H144O6. The fourth-order valence-corrected chi connectivity index (χ4v) is 11.5. The zero-order chi connectivity index (χ0) is 59.9. The van der Waals surface area contributed by atoms with Gasteiger partial charge in [0, 0.05) is 19.3 Å². The number of ether oxygens (including phenoxy) is 3. The van der Waals surface area contributed by atoms with Crippen molar-refractivity contribution in [2.45, 2.75) is 425 Å². The molecule has 0 amide bonds. The average Bonchev–Trinajstić information content (AvgIpc) is 3.49. The van der Waals surface area contributed by atoms with Crippen molar-refractivity contribution in [3.8, 4) is 0 Å². The van der Waals surface area contributed by atoms with E-state index in [2.05, 4.69) is 57.2 Å². The third-order valence-electron chi connectivity index (χ3n) is 17.1. The Hall–Kier alpha value is -2.37. The first-order chi connectivity index (χ1) is 41.0. The molecule has 0 rings (SSSR count). The first-order valence-electron chi connectivity index (χ1n) is 37.5. The lowest BCUT2D eigenvalue weighted by Gasteiger charge is -2.18. The van der Waals surface area contributed by atoms with Gasteiger partial charge in [-0.1, -0.05) is 378 Å². The maximum atomic E-state index is 12.9. The molecule has 0 fully saturated rings. The van der Waals surface area contributed by atoms with Crippen LogP contribution in [0.1, 0.15) is 419 Å². The summed E-state index contributed by atoms with van der Waals surface area (Å²) >= 11 is 0. The summed E-state index contributed by atoms with van der Waals surface area (Å²) < 4.78 is 17.0. The first-order valence-corrected chi connectivity index (χ1v) is 37.5. The van der Waals surface area contributed by atoms with Crippen LogP contribution >= 0.6 is 0 Å². The molecule has 6 heteroatoms. The van der Waals surface area contributed by atoms with E-state index in [1.165, 1.54) is 308 Å². The quantitative estimate of drug-likeness (QED) is 0.0261. The molecule has 1 atom stereocenters. The summed E-state index contributed by atoms with van der Waals surface area (Å²) in [5.74, 6) is -0.833. The van der Waals surface area contributed by atoms with Crippen molar-refractivity contribution >= 4 is 17.9 Å². The highest BCUT2D eigenvalue weighted by molar-refractivity contribution is 5.71. The minimum absolute atomic E-state index is 0.0644. The van der Waals surface area contributed by atoms with E-state index in [-0.39, 0.29) is 31.1 Å². The highest BCUT2D eigenvalue weighted by Gasteiger charge is 2.20. The summed E-state index contributed by atoms with van der Waals surface area (Å²) in [6.45, 7) is 6.70. The smallest absolute Gasteiger partial charge is 0.306 e. The minimum Gasteiger partial charge on any atom is -0.462 e. The summed E-state index contributed by atoms with van der Waals surface area (Å²) in [6.07, 6.45) is 90.6. The number of hydrogen-bond donors (Lipinski definition) is 0. The van der Waals surface area contributed by atoms with Gasteiger partial charge in [-0.25, -0.2) is 0 Å². The van der Waals surface area contributed by atoms with E-state index >= 15 is 0 Å². The van der Waals surface area contributed by atoms with Crippen LogP contribution in [-0.4, -0.2) is 37.2 Å². The largest absolute Gasteiger partial charge is 0.462 e. The molecule has 0 bridgehead atoms. The number of unbranched alkanes of at least 4 members (excludes halogenated alkanes) is 53. The fraction of sp³-hybridized carbons (Fsp3) is 0.883. The van der Waals surface area contributed by atoms with Crippen LogP contribution in [0.15, 0.2) is 36.5 Å². The zero-order valence-electron chi connectivity index (χ0n) is 56.2. The summed E-state index contributed by atoms with van der Waals surface area (Å²) in [5, 5.41) is 0. The van der Waals surface area contributed by atoms with E-state index in [1.54, 1.807) is 0 Å². The molecule has 488 valence electrons. The van der Waals surface area contributed by atoms with Gasteiger partial charge in [-0.3, -0.25) is 14.4 Å². The van der Waals surface area contributed by atoms with E-state index in [1.807, 2.05) is 0 Å². The van der Waals surface area contributed by atoms with E-state index in [0.717, 1.165) is 70.6 Å². The van der Waals surface area contributed by atoms with Crippen molar-refractivity contribution in [1.29, 1.82) is 0 Å². The molecule has 0 aromatic rings. The Morgan fingerprint density at radius 1 is 0.241 bits per heavy atom. The standard InChI is InChI=1S/C77H144O6/c1-4-7-10-13-16-19-22-24-26-28-30-32-34-35-36-37-38-39-40-41-42-43-44-46-47-49-51-53-55-58-61-64-67-70-76(79)82-73-74(72-81-75(78)69-66-63-60-57-21-18-15-12-9-6-3)83-77(80)71-68-65-62-59-56-54-52-50-48-45-33-31-29-27-25-23-20-17-14-11-8-5-2/h22,24,28,30,34-35,74H,4-21,23,25-27,29,31-33,36-73H2,1-3H3/b24-22-,30-28-,35-34-. The SMILES string of the molecule is CCCCCCC/C=C\C/C=C\C/C=C\CCCCCCCCCCCCCCCCCCCCC(=O)OCC(COC(=O)CCCCCCCCCCCC)OC(=O)CCCCCCCCCCCCCCCCCCCCCCCC. The summed E-state index contributed by atoms with van der Waals surface area (Å²) in [5.41, 5.74) is 0. The Bertz CT molecular complexity index is 1380. The number of carbonyl (C=O) groups is 3. The van der Waals surface area contributed by atoms with Gasteiger partial charge in [0.25, 0.3) is 0 Å². The van der Waals surface area contributed by atoms with Crippen LogP contribution in [0.5, 0.6) is 0 Å². The van der Waals surface area contributed by atoms with E-state index in [9.17, 15) is 14.4 Å². The van der Waals surface area contributed by atoms with Crippen LogP contribution in [0.2, 0.25) is 0 Å². The van der Waals surface area contributed by atoms with Gasteiger partial charge < -0.3 is 14.2 Å². The van der Waals surface area contributed by atoms with Crippen LogP contribution in [-0.2, 0) is 28.6 Å². The molecule has 0 aliphatic rings. The molecule has 0 saturated carbocycles. The molecule has 0 aromatic carbocycles. The van der Waals surface area contributed by atoms with Gasteiger partial charge in [0.1, 0.15) is 13.2 Å². The van der Waals surface area contributed by atoms with Crippen molar-refractivity contribution in [1.82, 2.24) is 0 Å². The van der Waals surface area contributed by atoms with Crippen molar-refractivity contribution in [3.05, 3.63) is 36.5 Å². The summed E-state index contributed by atoms with van der Waals surface area (Å²) in [6, 6.07) is 0. The average molecular weight is 1170 g/mol. The highest BCUT2D eigenvalue weighted by Crippen LogP contribution is 2.19. The van der Waals surface area contributed by atoms with Crippen molar-refractivity contribution in [2.75, 3.05) is 13.2 Å². The maximum Gasteiger partial charge on any atom is 0.306 e. The zero-order valence-corrected chi connectivity index (χ0v) is 56.2. The Balaban J connectivity index is 4.07. The van der Waals surface area contributed by atoms with Gasteiger partial charge in [-0.15, -0.1) is 0 Å². The van der Waals surface area contributed by atoms with Crippen molar-refractivity contribution < 1.29 is 28.6 Å². The lowest BCUT2D eigenvalue weighted by Crippen LogP contribution is -2.30. The van der Waals surface area contributed by atoms with Gasteiger partial charge in [0.2, 0.25) is 0 Å². The molecule has 0 saturated heterocycles. The third kappa shape index (κ3) is 70.3. The van der Waals surface area contributed by atoms with E-state index in [0.29, 0.717) is 19.3 Å². The number of carbonyl (C=O) groups excluding carboxylic acids is 3. The molecule has 0 radical (unpaired) electrons. The van der Waals surface area contributed by atoms with Gasteiger partial charge in [0.05, 0.1) is 0 Å². The second kappa shape index (κ2) is 72.1. The van der Waals surface area contributed by atoms with Crippen LogP contribution in [0.25, 0.3) is 0 Å². The van der Waals surface area contributed by atoms with Crippen molar-refractivity contribution in [3.63, 3.8) is 0 Å². The van der Waals surface area contributed by atoms with Crippen molar-refractivity contribution in [2.24, 2.45) is 0 Å². The highest BCUT2D eigenvalue weighted by atomic mass is 16.6. The second-order valence-corrected chi connectivity index (χ2v) is 25.6. The number of allylic oxidation sites excluding steroid dienone is 6. The molecule has 0 aromatic heterocycles. The Morgan fingerprint density at radius 3 is 0.675 bits per heavy atom. The van der Waals surface area contributed by atoms with Crippen LogP contribution in [0.4, 0.5) is 0 Å². The lowest BCUT2D eigenvalue weighted by atomic mass is 10.0. The molecule has 0 heterocycles. The second-order valence-electron chi connectivity index (χ2n) is 25.6. The van der Waals surface area contributed by atoms with E-state index < -0.39 is 6.10 Å². The molecule has 0 spiro atoms. The fourth-order valence-electron chi connectivity index (χ4n) is 11.5. The number of esters is 3. The Kier molecular flexibility index (Phi) is 70.0. The molecule has 83 heavy (non-hydrogen) atoms. The predicted octanol–water partition coefficient (Wildman–Crippen LogP) is 25.9. The number of rotatable bonds is 70. The topological polar surface area (TPSA) is 78.9 Å². The molecule has 6 nitrogen and oxygen atoms in total. The van der Waals surface area contributed by atoms with E-state index in [4.69, 9.17) is 14.2 Å². The Labute approximate surface area is 518 Å². The summed E-state index contributed by atoms with van der Waals surface area (Å²) in [7, 11) is 0. The third-order valence-corrected chi connectivity index (χ3v) is 17.1. The molecule has 1 unspecified atom stereocenters. The van der Waals surface area contributed by atoms with Crippen LogP contribution < -0.4 is 0 Å². The van der Waals surface area contributed by atoms with Crippen LogP contribution in [0, 0.1) is 0 Å². The predicted molar refractivity (Wildman–Crippen MR) is 362 cm³/mol. The monoisotopic (exact) mass is 1170 g/mol. The lowest BCUT2D eigenvalue weighted by molar-refractivity contribution is -0.167. The van der Waals surface area contributed by atoms with Crippen LogP contribution in [0.3, 0.4) is 0 Å². The molecule has 0 aliphatic heterocycles. The maximum absolute atomic E-state index is 12.9. The normalized spacial score (nSPS) is 12.2. The minimum atomic E-state index is -0.767. The van der Waals surface area contributed by atoms with Gasteiger partial charge in [-0.2, -0.15) is 0 Å². The van der Waals surface area contributed by atoms with Gasteiger partial charge >= 0.3 is 17.9 Å². The first kappa shape index (κ1) is 80.6. The molecular weight excluding hydrogens is 1020 g/mol. The Morgan fingerprint density at radius 2 is 0.434 bits per heavy atom. The number of hydrogen-bond acceptors (Lipinski definition) is 6. The van der Waals surface area contributed by atoms with Gasteiger partial charge in [0.15, 0.2) is 6.10 Å². The summed E-state index contributed by atoms with van der Waals surface area (Å²) in [4.78, 5) is 38.4. The molecule has 0 aliphatic carbocycles. The molecule has 0 N–H and O–H groups in total. The van der Waals surface area contributed by atoms with Gasteiger partial charge in [-0.05, 0) is 57.8 Å².